The first-order valence-electron chi connectivity index (χ1n) is 21.2. The van der Waals surface area contributed by atoms with Crippen LogP contribution in [0.1, 0.15) is 32.3 Å². The largest absolute Gasteiger partial charge is 0.458 e. The normalized spacial score (nSPS) is 27.1. The zero-order chi connectivity index (χ0) is 38.0. The molecule has 6 heteroatoms. The number of ether oxygens (including phenoxy) is 3. The molecule has 4 nitrogen and oxygen atoms in total. The van der Waals surface area contributed by atoms with Crippen molar-refractivity contribution in [3.63, 3.8) is 0 Å². The molecule has 3 fully saturated rings. The minimum Gasteiger partial charge on any atom is -0.458 e. The standard InChI is InChI=1S/C52H39B2NO3/c1-52(2)36-13-4-11-30-26-32-21-22-33(35-27-31-12-5-14-37(52)47(31)53(45(32)35)46(30)36)28-9-3-10-29(25-28)38-15-6-16-39(55-38)34-23-24-44-50-51(34)58-43-20-8-19-42-49(43)54(50)48-40(56-42)17-7-18-41(48)57-44/h3-25,35-37,45-47H,26-27H2,1-2H3. The van der Waals surface area contributed by atoms with E-state index in [1.165, 1.54) is 11.1 Å². The molecule has 0 N–H and O–H groups in total. The molecule has 1 aromatic heterocycles. The van der Waals surface area contributed by atoms with Crippen LogP contribution in [0, 0.1) is 23.2 Å². The smallest absolute Gasteiger partial charge is 0.270 e. The molecule has 14 rings (SSSR count). The minimum atomic E-state index is -0.0366. The second-order valence-corrected chi connectivity index (χ2v) is 18.5. The van der Waals surface area contributed by atoms with E-state index in [4.69, 9.17) is 19.2 Å². The van der Waals surface area contributed by atoms with Crippen molar-refractivity contribution in [1.82, 2.24) is 4.98 Å². The van der Waals surface area contributed by atoms with Crippen LogP contribution in [0.15, 0.2) is 156 Å². The van der Waals surface area contributed by atoms with Crippen LogP contribution in [0.25, 0.3) is 28.1 Å². The van der Waals surface area contributed by atoms with E-state index in [0.29, 0.717) is 41.9 Å². The molecule has 3 saturated heterocycles. The molecular weight excluding hydrogens is 708 g/mol. The van der Waals surface area contributed by atoms with Crippen molar-refractivity contribution in [1.29, 1.82) is 0 Å². The van der Waals surface area contributed by atoms with Gasteiger partial charge in [0.2, 0.25) is 0 Å². The Bertz CT molecular complexity index is 2890. The highest BCUT2D eigenvalue weighted by atomic mass is 16.5. The molecule has 0 bridgehead atoms. The van der Waals surface area contributed by atoms with E-state index in [-0.39, 0.29) is 12.1 Å². The minimum absolute atomic E-state index is 0.0366. The molecule has 4 aromatic carbocycles. The summed E-state index contributed by atoms with van der Waals surface area (Å²) in [6, 6.07) is 31.9. The first-order chi connectivity index (χ1) is 28.5. The van der Waals surface area contributed by atoms with Gasteiger partial charge in [-0.1, -0.05) is 116 Å². The third-order valence-corrected chi connectivity index (χ3v) is 15.7. The van der Waals surface area contributed by atoms with Gasteiger partial charge in [0.05, 0.1) is 11.4 Å². The monoisotopic (exact) mass is 747 g/mol. The molecule has 276 valence electrons. The zero-order valence-electron chi connectivity index (χ0n) is 32.5. The summed E-state index contributed by atoms with van der Waals surface area (Å²) in [6.45, 7) is 5.70. The summed E-state index contributed by atoms with van der Waals surface area (Å²) in [5.41, 5.74) is 15.1. The van der Waals surface area contributed by atoms with Crippen molar-refractivity contribution in [3.8, 4) is 57.0 Å². The Balaban J connectivity index is 0.852. The number of hydrogen-bond acceptors (Lipinski definition) is 4. The summed E-state index contributed by atoms with van der Waals surface area (Å²) < 4.78 is 19.8. The molecule has 0 radical (unpaired) electrons. The molecule has 6 unspecified atom stereocenters. The average molecular weight is 748 g/mol. The Morgan fingerprint density at radius 3 is 1.98 bits per heavy atom. The molecule has 9 aliphatic rings. The maximum Gasteiger partial charge on any atom is 0.270 e. The molecule has 3 aliphatic carbocycles. The molecule has 0 saturated carbocycles. The number of allylic oxidation sites excluding steroid dienone is 12. The molecule has 0 spiro atoms. The SMILES string of the molecule is CC1(C)C2C=CC=C3CC4=CC=C(c5cccc(-c6cccc(-c7ccc8c9c7Oc7cccc%10c7B9c7c(cccc7O8)O%10)n6)c5)C5CC6=CC=CC1C6B(C45)C32. The fourth-order valence-corrected chi connectivity index (χ4v) is 13.4. The van der Waals surface area contributed by atoms with Crippen molar-refractivity contribution in [3.05, 3.63) is 162 Å². The molecule has 5 aromatic rings. The van der Waals surface area contributed by atoms with Crippen molar-refractivity contribution in [2.75, 3.05) is 0 Å². The summed E-state index contributed by atoms with van der Waals surface area (Å²) in [5, 5.41) is 0. The van der Waals surface area contributed by atoms with Gasteiger partial charge in [-0.3, -0.25) is 0 Å². The van der Waals surface area contributed by atoms with Gasteiger partial charge in [-0.25, -0.2) is 4.98 Å². The lowest BCUT2D eigenvalue weighted by Gasteiger charge is -2.64. The quantitative estimate of drug-likeness (QED) is 0.169. The summed E-state index contributed by atoms with van der Waals surface area (Å²) in [7, 11) is 0. The first kappa shape index (κ1) is 32.0. The van der Waals surface area contributed by atoms with E-state index < -0.39 is 0 Å². The van der Waals surface area contributed by atoms with Gasteiger partial charge in [-0.15, -0.1) is 0 Å². The number of aromatic nitrogens is 1. The highest BCUT2D eigenvalue weighted by molar-refractivity contribution is 6.99. The Kier molecular flexibility index (Phi) is 6.15. The van der Waals surface area contributed by atoms with Crippen LogP contribution in [0.2, 0.25) is 17.5 Å². The van der Waals surface area contributed by atoms with E-state index in [9.17, 15) is 0 Å². The predicted molar refractivity (Wildman–Crippen MR) is 234 cm³/mol. The lowest BCUT2D eigenvalue weighted by Crippen LogP contribution is -2.59. The highest BCUT2D eigenvalue weighted by Gasteiger charge is 2.64. The van der Waals surface area contributed by atoms with Crippen molar-refractivity contribution in [2.45, 2.75) is 44.1 Å². The van der Waals surface area contributed by atoms with Gasteiger partial charge in [-0.05, 0) is 119 Å². The summed E-state index contributed by atoms with van der Waals surface area (Å²) in [6.07, 6.45) is 22.1. The Morgan fingerprint density at radius 1 is 0.586 bits per heavy atom. The lowest BCUT2D eigenvalue weighted by molar-refractivity contribution is 0.146. The molecular formula is C52H39B2NO3. The summed E-state index contributed by atoms with van der Waals surface area (Å²) in [4.78, 5) is 5.38. The molecule has 7 heterocycles. The van der Waals surface area contributed by atoms with Crippen LogP contribution in [0.5, 0.6) is 34.5 Å². The van der Waals surface area contributed by atoms with E-state index in [1.807, 2.05) is 36.4 Å². The van der Waals surface area contributed by atoms with Crippen LogP contribution in [-0.4, -0.2) is 18.4 Å². The van der Waals surface area contributed by atoms with Crippen molar-refractivity contribution < 1.29 is 14.2 Å². The van der Waals surface area contributed by atoms with E-state index in [0.717, 1.165) is 86.2 Å². The Labute approximate surface area is 339 Å². The van der Waals surface area contributed by atoms with Crippen molar-refractivity contribution in [2.24, 2.45) is 23.2 Å². The van der Waals surface area contributed by atoms with E-state index in [1.54, 1.807) is 16.7 Å². The Hall–Kier alpha value is -6.00. The number of hydrogen-bond donors (Lipinski definition) is 0. The van der Waals surface area contributed by atoms with Crippen LogP contribution in [-0.2, 0) is 0 Å². The van der Waals surface area contributed by atoms with Crippen LogP contribution < -0.4 is 30.6 Å². The van der Waals surface area contributed by atoms with Gasteiger partial charge in [0.15, 0.2) is 6.71 Å². The number of nitrogens with zero attached hydrogens (tertiary/aromatic N) is 1. The highest BCUT2D eigenvalue weighted by Crippen LogP contribution is 2.72. The van der Waals surface area contributed by atoms with Gasteiger partial charge >= 0.3 is 0 Å². The van der Waals surface area contributed by atoms with E-state index in [2.05, 4.69) is 117 Å². The van der Waals surface area contributed by atoms with Gasteiger partial charge < -0.3 is 14.2 Å². The van der Waals surface area contributed by atoms with Crippen molar-refractivity contribution >= 4 is 35.4 Å². The predicted octanol–water partition coefficient (Wildman–Crippen LogP) is 10.9. The summed E-state index contributed by atoms with van der Waals surface area (Å²) >= 11 is 0. The first-order valence-corrected chi connectivity index (χ1v) is 21.2. The summed E-state index contributed by atoms with van der Waals surface area (Å²) in [5.74, 6) is 8.43. The Morgan fingerprint density at radius 2 is 1.21 bits per heavy atom. The average Bonchev–Trinajstić information content (AvgIpc) is 3.25. The molecule has 58 heavy (non-hydrogen) atoms. The topological polar surface area (TPSA) is 40.6 Å². The fraction of sp³-hybridized carbons (Fsp3) is 0.212. The van der Waals surface area contributed by atoms with Gasteiger partial charge in [0.1, 0.15) is 34.5 Å². The third-order valence-electron chi connectivity index (χ3n) is 15.7. The number of pyridine rings is 1. The van der Waals surface area contributed by atoms with Gasteiger partial charge in [0.25, 0.3) is 6.71 Å². The van der Waals surface area contributed by atoms with Crippen LogP contribution in [0.3, 0.4) is 0 Å². The zero-order valence-corrected chi connectivity index (χ0v) is 32.5. The molecule has 6 atom stereocenters. The second kappa shape index (κ2) is 11.1. The van der Waals surface area contributed by atoms with Gasteiger partial charge in [-0.2, -0.15) is 0 Å². The maximum atomic E-state index is 6.82. The fourth-order valence-electron chi connectivity index (χ4n) is 13.4. The molecule has 0 amide bonds. The third kappa shape index (κ3) is 4.06. The maximum absolute atomic E-state index is 6.82. The van der Waals surface area contributed by atoms with Crippen LogP contribution in [0.4, 0.5) is 0 Å². The van der Waals surface area contributed by atoms with Crippen LogP contribution >= 0.6 is 0 Å². The second-order valence-electron chi connectivity index (χ2n) is 18.5. The number of rotatable bonds is 3. The van der Waals surface area contributed by atoms with E-state index >= 15 is 0 Å². The molecule has 6 aliphatic heterocycles. The number of benzene rings is 4. The lowest BCUT2D eigenvalue weighted by atomic mass is 9.12. The van der Waals surface area contributed by atoms with Gasteiger partial charge in [0, 0.05) is 27.5 Å².